The zero-order valence-electron chi connectivity index (χ0n) is 9.59. The first-order valence-electron chi connectivity index (χ1n) is 5.29. The van der Waals surface area contributed by atoms with E-state index in [0.717, 1.165) is 11.1 Å². The molecule has 0 saturated heterocycles. The van der Waals surface area contributed by atoms with Crippen molar-refractivity contribution < 1.29 is 4.79 Å². The molecule has 1 aromatic carbocycles. The maximum atomic E-state index is 11.4. The molecule has 88 valence electrons. The second kappa shape index (κ2) is 5.87. The van der Waals surface area contributed by atoms with Crippen LogP contribution in [-0.4, -0.2) is 5.91 Å². The molecule has 0 aliphatic carbocycles. The Bertz CT molecular complexity index is 377. The Morgan fingerprint density at radius 1 is 1.50 bits per heavy atom. The van der Waals surface area contributed by atoms with Crippen LogP contribution in [0.4, 0.5) is 0 Å². The molecule has 0 spiro atoms. The number of halogens is 1. The molecular weight excluding hydrogens is 224 g/mol. The van der Waals surface area contributed by atoms with Crippen LogP contribution in [0.1, 0.15) is 25.0 Å². The summed E-state index contributed by atoms with van der Waals surface area (Å²) in [6, 6.07) is 5.62. The molecule has 0 heterocycles. The molecule has 1 amide bonds. The first-order valence-corrected chi connectivity index (χ1v) is 5.67. The number of hydrogen-bond acceptors (Lipinski definition) is 2. The number of benzene rings is 1. The van der Waals surface area contributed by atoms with Crippen LogP contribution in [0.5, 0.6) is 0 Å². The van der Waals surface area contributed by atoms with Crippen molar-refractivity contribution in [2.45, 2.75) is 26.9 Å². The van der Waals surface area contributed by atoms with Gasteiger partial charge in [-0.05, 0) is 17.2 Å². The molecule has 4 heteroatoms. The highest BCUT2D eigenvalue weighted by atomic mass is 35.5. The molecule has 3 nitrogen and oxygen atoms in total. The predicted octanol–water partition coefficient (Wildman–Crippen LogP) is 2.07. The molecule has 0 bridgehead atoms. The SMILES string of the molecule is CC(C)C(=O)NCc1ccc(Cl)c(CN)c1. The summed E-state index contributed by atoms with van der Waals surface area (Å²) in [6.07, 6.45) is 0. The van der Waals surface area contributed by atoms with E-state index in [4.69, 9.17) is 17.3 Å². The van der Waals surface area contributed by atoms with E-state index in [1.165, 1.54) is 0 Å². The molecule has 0 aliphatic heterocycles. The van der Waals surface area contributed by atoms with Crippen molar-refractivity contribution in [3.63, 3.8) is 0 Å². The minimum Gasteiger partial charge on any atom is -0.352 e. The number of carbonyl (C=O) groups excluding carboxylic acids is 1. The Morgan fingerprint density at radius 2 is 2.19 bits per heavy atom. The van der Waals surface area contributed by atoms with E-state index in [2.05, 4.69) is 5.32 Å². The van der Waals surface area contributed by atoms with Gasteiger partial charge >= 0.3 is 0 Å². The van der Waals surface area contributed by atoms with E-state index < -0.39 is 0 Å². The summed E-state index contributed by atoms with van der Waals surface area (Å²) < 4.78 is 0. The Morgan fingerprint density at radius 3 is 2.75 bits per heavy atom. The van der Waals surface area contributed by atoms with Crippen LogP contribution in [0.2, 0.25) is 5.02 Å². The van der Waals surface area contributed by atoms with Gasteiger partial charge < -0.3 is 11.1 Å². The quantitative estimate of drug-likeness (QED) is 0.847. The first kappa shape index (κ1) is 13.0. The third-order valence-electron chi connectivity index (χ3n) is 2.32. The molecule has 1 aromatic rings. The van der Waals surface area contributed by atoms with Crippen LogP contribution in [0.25, 0.3) is 0 Å². The molecule has 0 aliphatic rings. The minimum absolute atomic E-state index is 0.00118. The fourth-order valence-corrected chi connectivity index (χ4v) is 1.48. The zero-order chi connectivity index (χ0) is 12.1. The maximum absolute atomic E-state index is 11.4. The monoisotopic (exact) mass is 240 g/mol. The topological polar surface area (TPSA) is 55.1 Å². The number of carbonyl (C=O) groups is 1. The molecule has 1 rings (SSSR count). The van der Waals surface area contributed by atoms with E-state index in [1.54, 1.807) is 6.07 Å². The maximum Gasteiger partial charge on any atom is 0.222 e. The fraction of sp³-hybridized carbons (Fsp3) is 0.417. The summed E-state index contributed by atoms with van der Waals surface area (Å²) in [7, 11) is 0. The lowest BCUT2D eigenvalue weighted by molar-refractivity contribution is -0.124. The number of hydrogen-bond donors (Lipinski definition) is 2. The molecule has 0 fully saturated rings. The number of nitrogens with two attached hydrogens (primary N) is 1. The van der Waals surface area contributed by atoms with Gasteiger partial charge in [-0.1, -0.05) is 37.6 Å². The van der Waals surface area contributed by atoms with Crippen molar-refractivity contribution in [2.24, 2.45) is 11.7 Å². The lowest BCUT2D eigenvalue weighted by Gasteiger charge is -2.09. The summed E-state index contributed by atoms with van der Waals surface area (Å²) in [5.74, 6) is 0.0468. The van der Waals surface area contributed by atoms with E-state index in [0.29, 0.717) is 18.1 Å². The van der Waals surface area contributed by atoms with Crippen LogP contribution in [-0.2, 0) is 17.9 Å². The second-order valence-electron chi connectivity index (χ2n) is 4.00. The predicted molar refractivity (Wildman–Crippen MR) is 66.0 cm³/mol. The number of amides is 1. The largest absolute Gasteiger partial charge is 0.352 e. The fourth-order valence-electron chi connectivity index (χ4n) is 1.29. The Hall–Kier alpha value is -1.06. The smallest absolute Gasteiger partial charge is 0.222 e. The van der Waals surface area contributed by atoms with Crippen LogP contribution in [0.15, 0.2) is 18.2 Å². The molecule has 0 atom stereocenters. The van der Waals surface area contributed by atoms with Gasteiger partial charge in [0.15, 0.2) is 0 Å². The molecule has 0 saturated carbocycles. The average Bonchev–Trinajstić information content (AvgIpc) is 2.27. The van der Waals surface area contributed by atoms with E-state index in [1.807, 2.05) is 26.0 Å². The van der Waals surface area contributed by atoms with Crippen molar-refractivity contribution in [2.75, 3.05) is 0 Å². The Labute approximate surface area is 101 Å². The van der Waals surface area contributed by atoms with Crippen LogP contribution in [0.3, 0.4) is 0 Å². The Balaban J connectivity index is 2.64. The number of rotatable bonds is 4. The van der Waals surface area contributed by atoms with Crippen molar-refractivity contribution in [1.82, 2.24) is 5.32 Å². The van der Waals surface area contributed by atoms with E-state index >= 15 is 0 Å². The molecule has 3 N–H and O–H groups in total. The summed E-state index contributed by atoms with van der Waals surface area (Å²) in [6.45, 7) is 4.65. The van der Waals surface area contributed by atoms with Crippen molar-refractivity contribution in [3.05, 3.63) is 34.3 Å². The highest BCUT2D eigenvalue weighted by Crippen LogP contribution is 2.16. The minimum atomic E-state index is 0.00118. The molecule has 0 aromatic heterocycles. The highest BCUT2D eigenvalue weighted by molar-refractivity contribution is 6.31. The van der Waals surface area contributed by atoms with Gasteiger partial charge in [-0.3, -0.25) is 4.79 Å². The highest BCUT2D eigenvalue weighted by Gasteiger charge is 2.06. The lowest BCUT2D eigenvalue weighted by Crippen LogP contribution is -2.27. The van der Waals surface area contributed by atoms with Crippen molar-refractivity contribution in [3.8, 4) is 0 Å². The van der Waals surface area contributed by atoms with Crippen molar-refractivity contribution >= 4 is 17.5 Å². The molecule has 16 heavy (non-hydrogen) atoms. The molecule has 0 unspecified atom stereocenters. The zero-order valence-corrected chi connectivity index (χ0v) is 10.3. The third-order valence-corrected chi connectivity index (χ3v) is 2.69. The summed E-state index contributed by atoms with van der Waals surface area (Å²) in [5, 5.41) is 3.51. The van der Waals surface area contributed by atoms with Gasteiger partial charge in [-0.2, -0.15) is 0 Å². The van der Waals surface area contributed by atoms with Gasteiger partial charge in [0.1, 0.15) is 0 Å². The first-order chi connectivity index (χ1) is 7.54. The standard InChI is InChI=1S/C12H17ClN2O/c1-8(2)12(16)15-7-9-3-4-11(13)10(5-9)6-14/h3-5,8H,6-7,14H2,1-2H3,(H,15,16). The Kier molecular flexibility index (Phi) is 4.77. The third kappa shape index (κ3) is 3.51. The van der Waals surface area contributed by atoms with Crippen LogP contribution >= 0.6 is 11.6 Å². The summed E-state index contributed by atoms with van der Waals surface area (Å²) >= 11 is 5.94. The van der Waals surface area contributed by atoms with Gasteiger partial charge in [0, 0.05) is 24.0 Å². The summed E-state index contributed by atoms with van der Waals surface area (Å²) in [4.78, 5) is 11.4. The van der Waals surface area contributed by atoms with E-state index in [-0.39, 0.29) is 11.8 Å². The normalized spacial score (nSPS) is 10.6. The number of nitrogens with one attached hydrogen (secondary N) is 1. The molecular formula is C12H17ClN2O. The van der Waals surface area contributed by atoms with Crippen LogP contribution < -0.4 is 11.1 Å². The van der Waals surface area contributed by atoms with Gasteiger partial charge in [0.25, 0.3) is 0 Å². The summed E-state index contributed by atoms with van der Waals surface area (Å²) in [5.41, 5.74) is 7.47. The van der Waals surface area contributed by atoms with Gasteiger partial charge in [0.05, 0.1) is 0 Å². The molecule has 0 radical (unpaired) electrons. The van der Waals surface area contributed by atoms with E-state index in [9.17, 15) is 4.79 Å². The lowest BCUT2D eigenvalue weighted by atomic mass is 10.1. The van der Waals surface area contributed by atoms with Gasteiger partial charge in [-0.15, -0.1) is 0 Å². The van der Waals surface area contributed by atoms with Gasteiger partial charge in [-0.25, -0.2) is 0 Å². The second-order valence-corrected chi connectivity index (χ2v) is 4.41. The van der Waals surface area contributed by atoms with Crippen LogP contribution in [0, 0.1) is 5.92 Å². The van der Waals surface area contributed by atoms with Gasteiger partial charge in [0.2, 0.25) is 5.91 Å². The van der Waals surface area contributed by atoms with Crippen molar-refractivity contribution in [1.29, 1.82) is 0 Å². The average molecular weight is 241 g/mol.